The van der Waals surface area contributed by atoms with Crippen LogP contribution in [0.3, 0.4) is 0 Å². The summed E-state index contributed by atoms with van der Waals surface area (Å²) < 4.78 is 5.33. The minimum absolute atomic E-state index is 0.0607. The summed E-state index contributed by atoms with van der Waals surface area (Å²) in [6.07, 6.45) is 0. The van der Waals surface area contributed by atoms with E-state index < -0.39 is 12.0 Å². The van der Waals surface area contributed by atoms with Gasteiger partial charge in [-0.1, -0.05) is 23.7 Å². The first-order valence-corrected chi connectivity index (χ1v) is 8.46. The molecule has 0 bridgehead atoms. The van der Waals surface area contributed by atoms with Crippen molar-refractivity contribution in [2.24, 2.45) is 0 Å². The molecule has 0 aliphatic carbocycles. The number of aromatic carboxylic acids is 1. The Labute approximate surface area is 161 Å². The van der Waals surface area contributed by atoms with Crippen LogP contribution in [0, 0.1) is 6.92 Å². The van der Waals surface area contributed by atoms with Gasteiger partial charge in [0.1, 0.15) is 17.1 Å². The Morgan fingerprint density at radius 2 is 1.85 bits per heavy atom. The zero-order valence-electron chi connectivity index (χ0n) is 14.9. The second-order valence-electron chi connectivity index (χ2n) is 5.90. The maximum absolute atomic E-state index is 12.1. The Bertz CT molecular complexity index is 832. The van der Waals surface area contributed by atoms with Crippen molar-refractivity contribution in [3.05, 3.63) is 58.0 Å². The number of benzene rings is 1. The molecule has 8 nitrogen and oxygen atoms in total. The average molecular weight is 394 g/mol. The fourth-order valence-corrected chi connectivity index (χ4v) is 2.42. The minimum atomic E-state index is -1.09. The molecule has 0 atom stereocenters. The van der Waals surface area contributed by atoms with E-state index in [-0.39, 0.29) is 30.3 Å². The van der Waals surface area contributed by atoms with E-state index in [1.54, 1.807) is 31.2 Å². The molecule has 1 heterocycles. The molecule has 0 saturated heterocycles. The Hall–Kier alpha value is -3.00. The number of likely N-dealkylation sites (N-methyl/N-ethyl adjacent to an activating group) is 1. The number of furan rings is 1. The molecule has 144 valence electrons. The summed E-state index contributed by atoms with van der Waals surface area (Å²) in [7, 11) is 1.54. The van der Waals surface area contributed by atoms with Crippen molar-refractivity contribution < 1.29 is 23.9 Å². The summed E-state index contributed by atoms with van der Waals surface area (Å²) in [5, 5.41) is 14.7. The number of carbonyl (C=O) groups excluding carboxylic acids is 2. The van der Waals surface area contributed by atoms with Crippen molar-refractivity contribution in [1.82, 2.24) is 15.5 Å². The molecular formula is C18H20ClN3O5. The number of nitrogens with one attached hydrogen (secondary N) is 2. The number of urea groups is 1. The van der Waals surface area contributed by atoms with Gasteiger partial charge in [0.05, 0.1) is 13.1 Å². The molecule has 1 aromatic heterocycles. The van der Waals surface area contributed by atoms with E-state index in [0.29, 0.717) is 17.3 Å². The molecule has 0 saturated carbocycles. The van der Waals surface area contributed by atoms with Crippen LogP contribution in [0.2, 0.25) is 5.02 Å². The average Bonchev–Trinajstić information content (AvgIpc) is 2.99. The molecule has 3 amide bonds. The maximum Gasteiger partial charge on any atom is 0.339 e. The number of nitrogens with zero attached hydrogens (tertiary/aromatic N) is 1. The SMILES string of the molecule is Cc1oc(CN(C)C(=O)CNC(=O)NCc2ccc(Cl)cc2)cc1C(=O)O. The van der Waals surface area contributed by atoms with Crippen molar-refractivity contribution in [3.8, 4) is 0 Å². The molecule has 0 aliphatic heterocycles. The summed E-state index contributed by atoms with van der Waals surface area (Å²) in [6, 6.07) is 7.93. The highest BCUT2D eigenvalue weighted by Crippen LogP contribution is 2.16. The lowest BCUT2D eigenvalue weighted by molar-refractivity contribution is -0.129. The van der Waals surface area contributed by atoms with Gasteiger partial charge in [-0.3, -0.25) is 4.79 Å². The Morgan fingerprint density at radius 3 is 2.44 bits per heavy atom. The smallest absolute Gasteiger partial charge is 0.339 e. The zero-order chi connectivity index (χ0) is 20.0. The van der Waals surface area contributed by atoms with Gasteiger partial charge in [-0.05, 0) is 30.7 Å². The fraction of sp³-hybridized carbons (Fsp3) is 0.278. The van der Waals surface area contributed by atoms with Gasteiger partial charge in [-0.2, -0.15) is 0 Å². The molecule has 9 heteroatoms. The van der Waals surface area contributed by atoms with Crippen LogP contribution in [0.25, 0.3) is 0 Å². The zero-order valence-corrected chi connectivity index (χ0v) is 15.7. The molecule has 0 radical (unpaired) electrons. The monoisotopic (exact) mass is 393 g/mol. The lowest BCUT2D eigenvalue weighted by Gasteiger charge is -2.16. The molecule has 2 aromatic rings. The fourth-order valence-electron chi connectivity index (χ4n) is 2.29. The van der Waals surface area contributed by atoms with Crippen LogP contribution in [-0.4, -0.2) is 41.5 Å². The van der Waals surface area contributed by atoms with Crippen LogP contribution >= 0.6 is 11.6 Å². The molecule has 0 spiro atoms. The third-order valence-electron chi connectivity index (χ3n) is 3.78. The van der Waals surface area contributed by atoms with E-state index in [0.717, 1.165) is 5.56 Å². The van der Waals surface area contributed by atoms with E-state index in [1.165, 1.54) is 18.0 Å². The second kappa shape index (κ2) is 9.09. The highest BCUT2D eigenvalue weighted by Gasteiger charge is 2.17. The minimum Gasteiger partial charge on any atom is -0.478 e. The molecular weight excluding hydrogens is 374 g/mol. The van der Waals surface area contributed by atoms with Crippen LogP contribution in [0.4, 0.5) is 4.79 Å². The normalized spacial score (nSPS) is 10.3. The van der Waals surface area contributed by atoms with Gasteiger partial charge in [0, 0.05) is 18.6 Å². The van der Waals surface area contributed by atoms with Crippen molar-refractivity contribution in [1.29, 1.82) is 0 Å². The van der Waals surface area contributed by atoms with Crippen molar-refractivity contribution >= 4 is 29.5 Å². The van der Waals surface area contributed by atoms with E-state index in [2.05, 4.69) is 10.6 Å². The van der Waals surface area contributed by atoms with Crippen molar-refractivity contribution in [2.75, 3.05) is 13.6 Å². The van der Waals surface area contributed by atoms with Crippen molar-refractivity contribution in [3.63, 3.8) is 0 Å². The third kappa shape index (κ3) is 6.03. The topological polar surface area (TPSA) is 112 Å². The van der Waals surface area contributed by atoms with E-state index in [4.69, 9.17) is 21.1 Å². The second-order valence-corrected chi connectivity index (χ2v) is 6.34. The highest BCUT2D eigenvalue weighted by molar-refractivity contribution is 6.30. The van der Waals surface area contributed by atoms with Crippen LogP contribution < -0.4 is 10.6 Å². The molecule has 3 N–H and O–H groups in total. The number of carboxylic acid groups (broad SMARTS) is 1. The lowest BCUT2D eigenvalue weighted by Crippen LogP contribution is -2.42. The third-order valence-corrected chi connectivity index (χ3v) is 4.04. The van der Waals surface area contributed by atoms with E-state index in [1.807, 2.05) is 0 Å². The molecule has 0 aliphatic rings. The summed E-state index contributed by atoms with van der Waals surface area (Å²) in [6.45, 7) is 1.74. The number of halogens is 1. The quantitative estimate of drug-likeness (QED) is 0.668. The number of hydrogen-bond acceptors (Lipinski definition) is 4. The van der Waals surface area contributed by atoms with Gasteiger partial charge < -0.3 is 25.1 Å². The molecule has 0 fully saturated rings. The summed E-state index contributed by atoms with van der Waals surface area (Å²) in [5.41, 5.74) is 0.936. The Kier molecular flexibility index (Phi) is 6.84. The first-order valence-electron chi connectivity index (χ1n) is 8.09. The summed E-state index contributed by atoms with van der Waals surface area (Å²) in [5.74, 6) is -0.802. The van der Waals surface area contributed by atoms with Crippen LogP contribution in [0.15, 0.2) is 34.7 Å². The molecule has 27 heavy (non-hydrogen) atoms. The molecule has 0 unspecified atom stereocenters. The largest absolute Gasteiger partial charge is 0.478 e. The maximum atomic E-state index is 12.1. The van der Waals surface area contributed by atoms with Gasteiger partial charge in [0.25, 0.3) is 0 Å². The number of hydrogen-bond donors (Lipinski definition) is 3. The summed E-state index contributed by atoms with van der Waals surface area (Å²) in [4.78, 5) is 36.2. The number of carboxylic acids is 1. The predicted molar refractivity (Wildman–Crippen MR) is 98.6 cm³/mol. The number of amides is 3. The lowest BCUT2D eigenvalue weighted by atomic mass is 10.2. The standard InChI is InChI=1S/C18H20ClN3O5/c1-11-15(17(24)25)7-14(27-11)10-22(2)16(23)9-21-18(26)20-8-12-3-5-13(19)6-4-12/h3-7H,8-10H2,1-2H3,(H,24,25)(H2,20,21,26). The van der Waals surface area contributed by atoms with Crippen LogP contribution in [-0.2, 0) is 17.9 Å². The van der Waals surface area contributed by atoms with E-state index >= 15 is 0 Å². The highest BCUT2D eigenvalue weighted by atomic mass is 35.5. The predicted octanol–water partition coefficient (Wildman–Crippen LogP) is 2.40. The van der Waals surface area contributed by atoms with E-state index in [9.17, 15) is 14.4 Å². The first-order chi connectivity index (χ1) is 12.8. The Morgan fingerprint density at radius 1 is 1.19 bits per heavy atom. The van der Waals surface area contributed by atoms with Gasteiger partial charge in [-0.15, -0.1) is 0 Å². The number of rotatable bonds is 7. The summed E-state index contributed by atoms with van der Waals surface area (Å²) >= 11 is 5.79. The van der Waals surface area contributed by atoms with Gasteiger partial charge in [0.2, 0.25) is 5.91 Å². The Balaban J connectivity index is 1.77. The number of aryl methyl sites for hydroxylation is 1. The van der Waals surface area contributed by atoms with Gasteiger partial charge in [-0.25, -0.2) is 9.59 Å². The van der Waals surface area contributed by atoms with Crippen LogP contribution in [0.5, 0.6) is 0 Å². The van der Waals surface area contributed by atoms with Crippen LogP contribution in [0.1, 0.15) is 27.4 Å². The molecule has 1 aromatic carbocycles. The van der Waals surface area contributed by atoms with Crippen molar-refractivity contribution in [2.45, 2.75) is 20.0 Å². The number of carbonyl (C=O) groups is 3. The van der Waals surface area contributed by atoms with Gasteiger partial charge in [0.15, 0.2) is 0 Å². The molecule has 2 rings (SSSR count). The first kappa shape index (κ1) is 20.3. The van der Waals surface area contributed by atoms with Gasteiger partial charge >= 0.3 is 12.0 Å².